The quantitative estimate of drug-likeness (QED) is 0.619. The van der Waals surface area contributed by atoms with Gasteiger partial charge in [-0.25, -0.2) is 0 Å². The van der Waals surface area contributed by atoms with Crippen LogP contribution in [-0.2, 0) is 19.1 Å². The van der Waals surface area contributed by atoms with Gasteiger partial charge in [0.25, 0.3) is 0 Å². The Kier molecular flexibility index (Phi) is 3.62. The maximum atomic E-state index is 13.4. The molecule has 0 aromatic heterocycles. The third-order valence-electron chi connectivity index (χ3n) is 5.88. The van der Waals surface area contributed by atoms with E-state index in [9.17, 15) is 9.59 Å². The molecule has 3 heterocycles. The maximum Gasteiger partial charge on any atom is 0.312 e. The first-order valence-electron chi connectivity index (χ1n) is 9.47. The molecule has 1 amide bonds. The molecule has 1 unspecified atom stereocenters. The number of hydrogen-bond acceptors (Lipinski definition) is 4. The number of benzene rings is 2. The summed E-state index contributed by atoms with van der Waals surface area (Å²) in [6.07, 6.45) is 4.27. The number of amides is 1. The van der Waals surface area contributed by atoms with Crippen LogP contribution in [-0.4, -0.2) is 36.7 Å². The lowest BCUT2D eigenvalue weighted by Gasteiger charge is -2.22. The van der Waals surface area contributed by atoms with Crippen molar-refractivity contribution in [3.8, 4) is 0 Å². The molecular formula is C22H21NO4. The van der Waals surface area contributed by atoms with Crippen LogP contribution in [0.15, 0.2) is 54.6 Å². The number of carbonyl (C=O) groups is 2. The minimum atomic E-state index is -0.728. The number of esters is 1. The lowest BCUT2D eigenvalue weighted by molar-refractivity contribution is -0.152. The van der Waals surface area contributed by atoms with Crippen LogP contribution in [0.3, 0.4) is 0 Å². The van der Waals surface area contributed by atoms with E-state index in [1.807, 2.05) is 61.5 Å². The summed E-state index contributed by atoms with van der Waals surface area (Å²) in [5, 5.41) is 2.10. The van der Waals surface area contributed by atoms with Gasteiger partial charge in [0, 0.05) is 5.39 Å². The number of ether oxygens (including phenoxy) is 2. The van der Waals surface area contributed by atoms with Gasteiger partial charge in [-0.15, -0.1) is 0 Å². The van der Waals surface area contributed by atoms with Gasteiger partial charge in [-0.3, -0.25) is 9.59 Å². The Hall–Kier alpha value is -2.66. The van der Waals surface area contributed by atoms with Crippen LogP contribution in [0.4, 0.5) is 5.69 Å². The number of hydrogen-bond donors (Lipinski definition) is 0. The van der Waals surface area contributed by atoms with E-state index in [1.54, 1.807) is 4.90 Å². The molecule has 0 saturated carbocycles. The first kappa shape index (κ1) is 16.5. The van der Waals surface area contributed by atoms with Crippen molar-refractivity contribution >= 4 is 28.3 Å². The molecule has 2 aromatic carbocycles. The van der Waals surface area contributed by atoms with Crippen LogP contribution in [0.2, 0.25) is 0 Å². The molecule has 2 saturated heterocycles. The van der Waals surface area contributed by atoms with Crippen molar-refractivity contribution < 1.29 is 19.1 Å². The van der Waals surface area contributed by atoms with Crippen LogP contribution >= 0.6 is 0 Å². The zero-order valence-electron chi connectivity index (χ0n) is 15.1. The Morgan fingerprint density at radius 2 is 2.07 bits per heavy atom. The van der Waals surface area contributed by atoms with Crippen molar-refractivity contribution in [2.75, 3.05) is 18.1 Å². The predicted octanol–water partition coefficient (Wildman–Crippen LogP) is 3.08. The normalized spacial score (nSPS) is 30.9. The summed E-state index contributed by atoms with van der Waals surface area (Å²) in [6.45, 7) is 2.75. The summed E-state index contributed by atoms with van der Waals surface area (Å²) < 4.78 is 11.5. The first-order valence-corrected chi connectivity index (χ1v) is 9.47. The van der Waals surface area contributed by atoms with Crippen molar-refractivity contribution in [1.82, 2.24) is 0 Å². The first-order chi connectivity index (χ1) is 13.1. The van der Waals surface area contributed by atoms with Gasteiger partial charge in [-0.1, -0.05) is 55.5 Å². The molecule has 1 spiro atoms. The van der Waals surface area contributed by atoms with Crippen molar-refractivity contribution in [3.63, 3.8) is 0 Å². The molecule has 0 radical (unpaired) electrons. The molecule has 3 aliphatic heterocycles. The van der Waals surface area contributed by atoms with E-state index in [2.05, 4.69) is 0 Å². The summed E-state index contributed by atoms with van der Waals surface area (Å²) in [7, 11) is 0. The molecule has 138 valence electrons. The highest BCUT2D eigenvalue weighted by molar-refractivity contribution is 6.08. The predicted molar refractivity (Wildman–Crippen MR) is 101 cm³/mol. The molecule has 2 fully saturated rings. The van der Waals surface area contributed by atoms with Gasteiger partial charge >= 0.3 is 5.97 Å². The minimum Gasteiger partial charge on any atom is -0.465 e. The fourth-order valence-electron chi connectivity index (χ4n) is 4.71. The van der Waals surface area contributed by atoms with Gasteiger partial charge in [0.15, 0.2) is 0 Å². The van der Waals surface area contributed by atoms with Crippen LogP contribution in [0, 0.1) is 11.8 Å². The largest absolute Gasteiger partial charge is 0.465 e. The fraction of sp³-hybridized carbons (Fsp3) is 0.364. The van der Waals surface area contributed by atoms with E-state index in [1.165, 1.54) is 0 Å². The molecule has 27 heavy (non-hydrogen) atoms. The Bertz CT molecular complexity index is 962. The lowest BCUT2D eigenvalue weighted by atomic mass is 9.77. The lowest BCUT2D eigenvalue weighted by Crippen LogP contribution is -2.40. The SMILES string of the molecule is CCCOC(=O)C1[C@H]2C(=O)N(c3cccc4ccccc34)C[C@]23C=C[C@H]1O3. The third-order valence-corrected chi connectivity index (χ3v) is 5.88. The topological polar surface area (TPSA) is 55.8 Å². The molecular weight excluding hydrogens is 342 g/mol. The third kappa shape index (κ3) is 2.28. The van der Waals surface area contributed by atoms with E-state index in [0.29, 0.717) is 13.2 Å². The molecule has 5 nitrogen and oxygen atoms in total. The van der Waals surface area contributed by atoms with E-state index in [4.69, 9.17) is 9.47 Å². The van der Waals surface area contributed by atoms with Gasteiger partial charge < -0.3 is 14.4 Å². The molecule has 4 atom stereocenters. The zero-order valence-corrected chi connectivity index (χ0v) is 15.1. The van der Waals surface area contributed by atoms with Crippen molar-refractivity contribution in [1.29, 1.82) is 0 Å². The number of fused-ring (bicyclic) bond motifs is 2. The van der Waals surface area contributed by atoms with E-state index >= 15 is 0 Å². The van der Waals surface area contributed by atoms with E-state index < -0.39 is 17.4 Å². The van der Waals surface area contributed by atoms with Crippen molar-refractivity contribution in [2.24, 2.45) is 11.8 Å². The van der Waals surface area contributed by atoms with Gasteiger partial charge in [0.1, 0.15) is 11.5 Å². The Morgan fingerprint density at radius 3 is 2.93 bits per heavy atom. The van der Waals surface area contributed by atoms with Gasteiger partial charge in [-0.2, -0.15) is 0 Å². The van der Waals surface area contributed by atoms with Crippen molar-refractivity contribution in [3.05, 3.63) is 54.6 Å². The summed E-state index contributed by atoms with van der Waals surface area (Å²) in [6, 6.07) is 14.0. The van der Waals surface area contributed by atoms with Crippen LogP contribution in [0.1, 0.15) is 13.3 Å². The smallest absolute Gasteiger partial charge is 0.312 e. The summed E-state index contributed by atoms with van der Waals surface area (Å²) in [5.74, 6) is -1.47. The maximum absolute atomic E-state index is 13.4. The van der Waals surface area contributed by atoms with Gasteiger partial charge in [0.05, 0.1) is 30.9 Å². The average Bonchev–Trinajstić information content (AvgIpc) is 3.34. The van der Waals surface area contributed by atoms with Gasteiger partial charge in [0.2, 0.25) is 5.91 Å². The summed E-state index contributed by atoms with van der Waals surface area (Å²) in [4.78, 5) is 27.8. The van der Waals surface area contributed by atoms with Crippen LogP contribution in [0.5, 0.6) is 0 Å². The average molecular weight is 363 g/mol. The second-order valence-corrected chi connectivity index (χ2v) is 7.49. The Labute approximate surface area is 157 Å². The monoisotopic (exact) mass is 363 g/mol. The van der Waals surface area contributed by atoms with E-state index in [0.717, 1.165) is 22.9 Å². The molecule has 5 rings (SSSR count). The molecule has 0 aliphatic carbocycles. The Morgan fingerprint density at radius 1 is 1.26 bits per heavy atom. The molecule has 5 heteroatoms. The highest BCUT2D eigenvalue weighted by Gasteiger charge is 2.67. The number of rotatable bonds is 4. The molecule has 0 N–H and O–H groups in total. The minimum absolute atomic E-state index is 0.0587. The number of anilines is 1. The second-order valence-electron chi connectivity index (χ2n) is 7.49. The van der Waals surface area contributed by atoms with Crippen LogP contribution in [0.25, 0.3) is 10.8 Å². The highest BCUT2D eigenvalue weighted by Crippen LogP contribution is 2.53. The summed E-state index contributed by atoms with van der Waals surface area (Å²) >= 11 is 0. The standard InChI is InChI=1S/C22H21NO4/c1-2-12-26-21(25)18-17-10-11-22(27-17)13-23(20(24)19(18)22)16-9-5-7-14-6-3-4-8-15(14)16/h3-11,17-19H,2,12-13H2,1H3/t17-,18?,19+,22-/m1/s1. The fourth-order valence-corrected chi connectivity index (χ4v) is 4.71. The number of carbonyl (C=O) groups excluding carboxylic acids is 2. The molecule has 3 aliphatic rings. The number of nitrogens with zero attached hydrogens (tertiary/aromatic N) is 1. The highest BCUT2D eigenvalue weighted by atomic mass is 16.6. The van der Waals surface area contributed by atoms with Crippen LogP contribution < -0.4 is 4.90 Å². The molecule has 2 aromatic rings. The Balaban J connectivity index is 1.53. The van der Waals surface area contributed by atoms with Crippen molar-refractivity contribution in [2.45, 2.75) is 25.0 Å². The second kappa shape index (κ2) is 5.92. The van der Waals surface area contributed by atoms with E-state index in [-0.39, 0.29) is 18.0 Å². The summed E-state index contributed by atoms with van der Waals surface area (Å²) in [5.41, 5.74) is 0.136. The zero-order chi connectivity index (χ0) is 18.6. The molecule has 2 bridgehead atoms. The van der Waals surface area contributed by atoms with Gasteiger partial charge in [-0.05, 0) is 17.9 Å².